The molecular weight excluding hydrogens is 401 g/mol. The normalized spacial score (nSPS) is 12.4. The van der Waals surface area contributed by atoms with E-state index < -0.39 is 21.8 Å². The number of aromatic nitrogens is 2. The molecule has 142 valence electrons. The van der Waals surface area contributed by atoms with Gasteiger partial charge in [0.15, 0.2) is 9.84 Å². The third kappa shape index (κ3) is 4.01. The van der Waals surface area contributed by atoms with E-state index in [0.717, 1.165) is 11.8 Å². The molecular formula is C18H14ClF3N2O2S. The summed E-state index contributed by atoms with van der Waals surface area (Å²) in [5, 5.41) is 0.411. The Morgan fingerprint density at radius 1 is 1.04 bits per heavy atom. The first-order chi connectivity index (χ1) is 12.5. The number of rotatable bonds is 3. The lowest BCUT2D eigenvalue weighted by atomic mass is 10.0. The number of imidazole rings is 1. The Morgan fingerprint density at radius 2 is 1.63 bits per heavy atom. The zero-order chi connectivity index (χ0) is 20.0. The topological polar surface area (TPSA) is 62.8 Å². The van der Waals surface area contributed by atoms with Crippen LogP contribution < -0.4 is 0 Å². The molecule has 4 nitrogen and oxygen atoms in total. The second-order valence-corrected chi connectivity index (χ2v) is 8.49. The van der Waals surface area contributed by atoms with Crippen molar-refractivity contribution in [2.24, 2.45) is 0 Å². The van der Waals surface area contributed by atoms with Crippen molar-refractivity contribution in [3.8, 4) is 22.5 Å². The molecule has 0 radical (unpaired) electrons. The van der Waals surface area contributed by atoms with Crippen LogP contribution in [0.3, 0.4) is 0 Å². The maximum absolute atomic E-state index is 13.2. The zero-order valence-corrected chi connectivity index (χ0v) is 15.8. The summed E-state index contributed by atoms with van der Waals surface area (Å²) in [7, 11) is -3.42. The summed E-state index contributed by atoms with van der Waals surface area (Å²) >= 11 is 6.11. The number of sulfone groups is 1. The van der Waals surface area contributed by atoms with Gasteiger partial charge in [0.25, 0.3) is 0 Å². The summed E-state index contributed by atoms with van der Waals surface area (Å²) < 4.78 is 62.7. The van der Waals surface area contributed by atoms with Crippen LogP contribution in [0.4, 0.5) is 13.2 Å². The molecule has 0 bridgehead atoms. The van der Waals surface area contributed by atoms with E-state index in [0.29, 0.717) is 16.1 Å². The molecule has 0 atom stereocenters. The molecule has 1 heterocycles. The average Bonchev–Trinajstić information content (AvgIpc) is 3.02. The molecule has 3 aromatic rings. The highest BCUT2D eigenvalue weighted by Gasteiger charge is 2.36. The highest BCUT2D eigenvalue weighted by Crippen LogP contribution is 2.37. The number of hydrogen-bond donors (Lipinski definition) is 1. The second-order valence-electron chi connectivity index (χ2n) is 6.07. The van der Waals surface area contributed by atoms with Gasteiger partial charge in [-0.1, -0.05) is 35.9 Å². The van der Waals surface area contributed by atoms with Gasteiger partial charge in [-0.25, -0.2) is 13.4 Å². The van der Waals surface area contributed by atoms with Crippen LogP contribution in [0.1, 0.15) is 11.4 Å². The predicted molar refractivity (Wildman–Crippen MR) is 97.3 cm³/mol. The third-order valence-electron chi connectivity index (χ3n) is 3.99. The van der Waals surface area contributed by atoms with E-state index in [4.69, 9.17) is 11.6 Å². The molecule has 0 aliphatic carbocycles. The molecule has 9 heteroatoms. The van der Waals surface area contributed by atoms with Crippen molar-refractivity contribution in [1.82, 2.24) is 9.97 Å². The Labute approximate surface area is 158 Å². The van der Waals surface area contributed by atoms with E-state index in [1.54, 1.807) is 25.1 Å². The molecule has 0 amide bonds. The molecule has 3 rings (SSSR count). The van der Waals surface area contributed by atoms with Gasteiger partial charge < -0.3 is 4.98 Å². The summed E-state index contributed by atoms with van der Waals surface area (Å²) in [5.74, 6) is -1.14. The monoisotopic (exact) mass is 414 g/mol. The number of halogens is 4. The van der Waals surface area contributed by atoms with E-state index in [1.807, 2.05) is 0 Å². The predicted octanol–water partition coefficient (Wildman–Crippen LogP) is 5.13. The first-order valence-electron chi connectivity index (χ1n) is 7.71. The quantitative estimate of drug-likeness (QED) is 0.646. The van der Waals surface area contributed by atoms with E-state index in [9.17, 15) is 21.6 Å². The van der Waals surface area contributed by atoms with Crippen LogP contribution in [0.25, 0.3) is 22.5 Å². The number of nitrogens with zero attached hydrogens (tertiary/aromatic N) is 1. The van der Waals surface area contributed by atoms with Crippen molar-refractivity contribution >= 4 is 21.4 Å². The van der Waals surface area contributed by atoms with E-state index in [1.165, 1.54) is 24.3 Å². The number of nitrogens with one attached hydrogen (secondary N) is 1. The lowest BCUT2D eigenvalue weighted by Crippen LogP contribution is -2.07. The van der Waals surface area contributed by atoms with Gasteiger partial charge in [-0.05, 0) is 30.7 Å². The van der Waals surface area contributed by atoms with Crippen molar-refractivity contribution in [3.63, 3.8) is 0 Å². The SMILES string of the molecule is Cc1ccc(-c2[nH]c(C(F)(F)F)nc2-c2ccc(S(C)(=O)=O)cc2)cc1Cl. The fraction of sp³-hybridized carbons (Fsp3) is 0.167. The molecule has 2 aromatic carbocycles. The highest BCUT2D eigenvalue weighted by atomic mass is 35.5. The molecule has 27 heavy (non-hydrogen) atoms. The van der Waals surface area contributed by atoms with Gasteiger partial charge in [-0.3, -0.25) is 0 Å². The number of alkyl halides is 3. The van der Waals surface area contributed by atoms with Gasteiger partial charge in [0, 0.05) is 22.4 Å². The lowest BCUT2D eigenvalue weighted by Gasteiger charge is -2.06. The number of aryl methyl sites for hydroxylation is 1. The number of H-pyrrole nitrogens is 1. The van der Waals surface area contributed by atoms with E-state index >= 15 is 0 Å². The molecule has 0 aliphatic rings. The van der Waals surface area contributed by atoms with E-state index in [-0.39, 0.29) is 16.3 Å². The Morgan fingerprint density at radius 3 is 2.15 bits per heavy atom. The van der Waals surface area contributed by atoms with Gasteiger partial charge >= 0.3 is 6.18 Å². The van der Waals surface area contributed by atoms with Gasteiger partial charge in [0.2, 0.25) is 5.82 Å². The summed E-state index contributed by atoms with van der Waals surface area (Å²) in [4.78, 5) is 6.08. The van der Waals surface area contributed by atoms with Crippen LogP contribution in [0.2, 0.25) is 5.02 Å². The molecule has 0 saturated carbocycles. The van der Waals surface area contributed by atoms with Crippen LogP contribution >= 0.6 is 11.6 Å². The molecule has 1 N–H and O–H groups in total. The highest BCUT2D eigenvalue weighted by molar-refractivity contribution is 7.90. The van der Waals surface area contributed by atoms with Crippen LogP contribution in [0, 0.1) is 6.92 Å². The van der Waals surface area contributed by atoms with E-state index in [2.05, 4.69) is 9.97 Å². The summed E-state index contributed by atoms with van der Waals surface area (Å²) in [6, 6.07) is 10.4. The minimum absolute atomic E-state index is 0.0577. The third-order valence-corrected chi connectivity index (χ3v) is 5.52. The lowest BCUT2D eigenvalue weighted by molar-refractivity contribution is -0.144. The minimum atomic E-state index is -4.66. The number of hydrogen-bond acceptors (Lipinski definition) is 3. The Balaban J connectivity index is 2.19. The van der Waals surface area contributed by atoms with Gasteiger partial charge in [-0.2, -0.15) is 13.2 Å². The summed E-state index contributed by atoms with van der Waals surface area (Å²) in [5.41, 5.74) is 1.78. The standard InChI is InChI=1S/C18H14ClF3N2O2S/c1-10-3-4-12(9-14(10)19)16-15(23-17(24-16)18(20,21)22)11-5-7-13(8-6-11)27(2,25)26/h3-9H,1-2H3,(H,23,24). The molecule has 0 unspecified atom stereocenters. The molecule has 0 fully saturated rings. The number of benzene rings is 2. The van der Waals surface area contributed by atoms with Crippen molar-refractivity contribution in [2.75, 3.05) is 6.26 Å². The van der Waals surface area contributed by atoms with Crippen molar-refractivity contribution < 1.29 is 21.6 Å². The fourth-order valence-electron chi connectivity index (χ4n) is 2.53. The molecule has 0 spiro atoms. The second kappa shape index (κ2) is 6.69. The number of aromatic amines is 1. The fourth-order valence-corrected chi connectivity index (χ4v) is 3.34. The Bertz CT molecular complexity index is 1100. The molecule has 0 saturated heterocycles. The van der Waals surface area contributed by atoms with Crippen LogP contribution in [0.15, 0.2) is 47.4 Å². The summed E-state index contributed by atoms with van der Waals surface area (Å²) in [6.07, 6.45) is -3.60. The van der Waals surface area contributed by atoms with Crippen LogP contribution in [-0.4, -0.2) is 24.6 Å². The average molecular weight is 415 g/mol. The maximum atomic E-state index is 13.2. The van der Waals surface area contributed by atoms with Crippen LogP contribution in [0.5, 0.6) is 0 Å². The summed E-state index contributed by atoms with van der Waals surface area (Å²) in [6.45, 7) is 1.78. The van der Waals surface area contributed by atoms with Crippen molar-refractivity contribution in [1.29, 1.82) is 0 Å². The minimum Gasteiger partial charge on any atom is -0.334 e. The van der Waals surface area contributed by atoms with Crippen LogP contribution in [-0.2, 0) is 16.0 Å². The molecule has 0 aliphatic heterocycles. The van der Waals surface area contributed by atoms with Gasteiger partial charge in [0.1, 0.15) is 0 Å². The van der Waals surface area contributed by atoms with Gasteiger partial charge in [-0.15, -0.1) is 0 Å². The Kier molecular flexibility index (Phi) is 4.81. The Hall–Kier alpha value is -2.32. The maximum Gasteiger partial charge on any atom is 0.449 e. The van der Waals surface area contributed by atoms with Gasteiger partial charge in [0.05, 0.1) is 16.3 Å². The first-order valence-corrected chi connectivity index (χ1v) is 9.98. The van der Waals surface area contributed by atoms with Crippen molar-refractivity contribution in [2.45, 2.75) is 18.0 Å². The smallest absolute Gasteiger partial charge is 0.334 e. The molecule has 1 aromatic heterocycles. The largest absolute Gasteiger partial charge is 0.449 e. The van der Waals surface area contributed by atoms with Crippen molar-refractivity contribution in [3.05, 3.63) is 58.9 Å². The zero-order valence-electron chi connectivity index (χ0n) is 14.2. The first kappa shape index (κ1) is 19.4.